The second-order valence-corrected chi connectivity index (χ2v) is 6.30. The Kier molecular flexibility index (Phi) is 4.80. The second kappa shape index (κ2) is 5.68. The molecule has 1 rings (SSSR count). The van der Waals surface area contributed by atoms with Crippen LogP contribution in [-0.2, 0) is 0 Å². The van der Waals surface area contributed by atoms with Crippen LogP contribution < -0.4 is 5.32 Å². The van der Waals surface area contributed by atoms with Crippen molar-refractivity contribution in [2.24, 2.45) is 17.3 Å². The fourth-order valence-electron chi connectivity index (χ4n) is 2.79. The summed E-state index contributed by atoms with van der Waals surface area (Å²) >= 11 is 0. The lowest BCUT2D eigenvalue weighted by Gasteiger charge is -2.41. The van der Waals surface area contributed by atoms with Gasteiger partial charge in [0, 0.05) is 12.6 Å². The number of nitrogens with zero attached hydrogens (tertiary/aromatic N) is 1. The monoisotopic (exact) mass is 222 g/mol. The lowest BCUT2D eigenvalue weighted by Crippen LogP contribution is -2.45. The fraction of sp³-hybridized carbons (Fsp3) is 0.929. The molecule has 16 heavy (non-hydrogen) atoms. The molecule has 0 aromatic heterocycles. The minimum Gasteiger partial charge on any atom is -0.312 e. The van der Waals surface area contributed by atoms with Crippen molar-refractivity contribution in [3.63, 3.8) is 0 Å². The minimum atomic E-state index is 0.127. The van der Waals surface area contributed by atoms with Crippen LogP contribution in [0.3, 0.4) is 0 Å². The van der Waals surface area contributed by atoms with Gasteiger partial charge in [0.05, 0.1) is 12.0 Å². The van der Waals surface area contributed by atoms with Crippen LogP contribution in [0.1, 0.15) is 53.4 Å². The van der Waals surface area contributed by atoms with Gasteiger partial charge in [-0.15, -0.1) is 0 Å². The van der Waals surface area contributed by atoms with Crippen LogP contribution in [0.2, 0.25) is 0 Å². The van der Waals surface area contributed by atoms with Crippen LogP contribution in [0, 0.1) is 28.6 Å². The third-order valence-electron chi connectivity index (χ3n) is 3.78. The highest BCUT2D eigenvalue weighted by Gasteiger charge is 2.33. The van der Waals surface area contributed by atoms with Crippen molar-refractivity contribution in [2.75, 3.05) is 6.54 Å². The Hall–Kier alpha value is -0.550. The van der Waals surface area contributed by atoms with E-state index in [1.165, 1.54) is 25.7 Å². The molecule has 0 spiro atoms. The summed E-state index contributed by atoms with van der Waals surface area (Å²) in [6, 6.07) is 2.91. The van der Waals surface area contributed by atoms with Gasteiger partial charge in [0.15, 0.2) is 0 Å². The average Bonchev–Trinajstić information content (AvgIpc) is 2.25. The summed E-state index contributed by atoms with van der Waals surface area (Å²) < 4.78 is 0. The van der Waals surface area contributed by atoms with E-state index in [2.05, 4.69) is 32.2 Å². The quantitative estimate of drug-likeness (QED) is 0.795. The lowest BCUT2D eigenvalue weighted by atomic mass is 9.69. The molecule has 1 fully saturated rings. The Bertz CT molecular complexity index is 246. The molecule has 2 heteroatoms. The summed E-state index contributed by atoms with van der Waals surface area (Å²) in [6.07, 6.45) is 5.32. The predicted octanol–water partition coefficient (Wildman–Crippen LogP) is 3.34. The first-order chi connectivity index (χ1) is 7.45. The first-order valence-corrected chi connectivity index (χ1v) is 6.58. The van der Waals surface area contributed by atoms with E-state index in [0.29, 0.717) is 11.5 Å². The van der Waals surface area contributed by atoms with Gasteiger partial charge in [-0.3, -0.25) is 0 Å². The zero-order valence-corrected chi connectivity index (χ0v) is 11.2. The fourth-order valence-corrected chi connectivity index (χ4v) is 2.79. The molecule has 0 heterocycles. The van der Waals surface area contributed by atoms with Crippen molar-refractivity contribution in [3.8, 4) is 6.07 Å². The van der Waals surface area contributed by atoms with E-state index in [9.17, 15) is 0 Å². The van der Waals surface area contributed by atoms with Crippen molar-refractivity contribution in [2.45, 2.75) is 59.4 Å². The molecule has 0 bridgehead atoms. The number of rotatable bonds is 3. The Morgan fingerprint density at radius 3 is 2.50 bits per heavy atom. The zero-order valence-electron chi connectivity index (χ0n) is 11.2. The molecular formula is C14H26N2. The molecule has 0 saturated heterocycles. The van der Waals surface area contributed by atoms with E-state index < -0.39 is 0 Å². The number of nitriles is 1. The number of hydrogen-bond acceptors (Lipinski definition) is 2. The predicted molar refractivity (Wildman–Crippen MR) is 68.0 cm³/mol. The summed E-state index contributed by atoms with van der Waals surface area (Å²) in [5.74, 6) is 0.884. The molecule has 2 nitrogen and oxygen atoms in total. The van der Waals surface area contributed by atoms with E-state index >= 15 is 0 Å². The van der Waals surface area contributed by atoms with Gasteiger partial charge >= 0.3 is 0 Å². The summed E-state index contributed by atoms with van der Waals surface area (Å²) in [5, 5.41) is 12.4. The van der Waals surface area contributed by atoms with Crippen molar-refractivity contribution in [3.05, 3.63) is 0 Å². The highest BCUT2D eigenvalue weighted by Crippen LogP contribution is 2.37. The van der Waals surface area contributed by atoms with Crippen LogP contribution in [0.4, 0.5) is 0 Å². The van der Waals surface area contributed by atoms with Gasteiger partial charge in [-0.05, 0) is 31.1 Å². The smallest absolute Gasteiger partial charge is 0.0666 e. The summed E-state index contributed by atoms with van der Waals surface area (Å²) in [4.78, 5) is 0. The van der Waals surface area contributed by atoms with Gasteiger partial charge in [0.2, 0.25) is 0 Å². The Morgan fingerprint density at radius 2 is 1.94 bits per heavy atom. The molecule has 92 valence electrons. The molecule has 3 unspecified atom stereocenters. The van der Waals surface area contributed by atoms with Crippen molar-refractivity contribution in [1.29, 1.82) is 5.26 Å². The zero-order chi connectivity index (χ0) is 12.2. The first-order valence-electron chi connectivity index (χ1n) is 6.58. The van der Waals surface area contributed by atoms with Gasteiger partial charge < -0.3 is 5.32 Å². The maximum absolute atomic E-state index is 8.80. The number of hydrogen-bond donors (Lipinski definition) is 1. The van der Waals surface area contributed by atoms with Gasteiger partial charge in [-0.1, -0.05) is 33.6 Å². The third-order valence-corrected chi connectivity index (χ3v) is 3.78. The highest BCUT2D eigenvalue weighted by molar-refractivity contribution is 4.90. The van der Waals surface area contributed by atoms with Crippen molar-refractivity contribution in [1.82, 2.24) is 5.32 Å². The van der Waals surface area contributed by atoms with Crippen LogP contribution in [-0.4, -0.2) is 12.6 Å². The first kappa shape index (κ1) is 13.5. The Morgan fingerprint density at radius 1 is 1.31 bits per heavy atom. The maximum Gasteiger partial charge on any atom is 0.0666 e. The Labute approximate surface area is 100 Å². The Balaban J connectivity index is 2.51. The highest BCUT2D eigenvalue weighted by atomic mass is 14.9. The number of nitrogens with one attached hydrogen (secondary N) is 1. The van der Waals surface area contributed by atoms with Crippen LogP contribution in [0.25, 0.3) is 0 Å². The molecule has 1 N–H and O–H groups in total. The molecule has 0 aromatic rings. The van der Waals surface area contributed by atoms with Crippen molar-refractivity contribution < 1.29 is 0 Å². The van der Waals surface area contributed by atoms with Gasteiger partial charge in [0.1, 0.15) is 0 Å². The molecule has 0 aliphatic heterocycles. The molecule has 1 aliphatic rings. The van der Waals surface area contributed by atoms with Crippen LogP contribution >= 0.6 is 0 Å². The van der Waals surface area contributed by atoms with Gasteiger partial charge in [-0.25, -0.2) is 0 Å². The minimum absolute atomic E-state index is 0.127. The normalized spacial score (nSPS) is 28.4. The maximum atomic E-state index is 8.80. The standard InChI is InChI=1S/C14H26N2/c1-11(9-15)10-16-13-8-6-5-7-12(13)14(2,3)4/h11-13,16H,5-8,10H2,1-4H3. The second-order valence-electron chi connectivity index (χ2n) is 6.30. The molecule has 0 amide bonds. The molecule has 1 saturated carbocycles. The topological polar surface area (TPSA) is 35.8 Å². The molecule has 0 aromatic carbocycles. The van der Waals surface area contributed by atoms with E-state index in [0.717, 1.165) is 12.5 Å². The van der Waals surface area contributed by atoms with E-state index in [1.807, 2.05) is 6.92 Å². The van der Waals surface area contributed by atoms with Gasteiger partial charge in [-0.2, -0.15) is 5.26 Å². The summed E-state index contributed by atoms with van der Waals surface area (Å²) in [5.41, 5.74) is 0.383. The molecule has 3 atom stereocenters. The van der Waals surface area contributed by atoms with E-state index in [4.69, 9.17) is 5.26 Å². The molecule has 0 radical (unpaired) electrons. The molecule has 1 aliphatic carbocycles. The van der Waals surface area contributed by atoms with Crippen molar-refractivity contribution >= 4 is 0 Å². The van der Waals surface area contributed by atoms with E-state index in [1.54, 1.807) is 0 Å². The SMILES string of the molecule is CC(C#N)CNC1CCCCC1C(C)(C)C. The molecular weight excluding hydrogens is 196 g/mol. The van der Waals surface area contributed by atoms with Gasteiger partial charge in [0.25, 0.3) is 0 Å². The van der Waals surface area contributed by atoms with Crippen LogP contribution in [0.5, 0.6) is 0 Å². The van der Waals surface area contributed by atoms with E-state index in [-0.39, 0.29) is 5.92 Å². The third kappa shape index (κ3) is 3.79. The summed E-state index contributed by atoms with van der Waals surface area (Å²) in [7, 11) is 0. The summed E-state index contributed by atoms with van der Waals surface area (Å²) in [6.45, 7) is 9.85. The lowest BCUT2D eigenvalue weighted by molar-refractivity contribution is 0.130. The van der Waals surface area contributed by atoms with Crippen LogP contribution in [0.15, 0.2) is 0 Å². The largest absolute Gasteiger partial charge is 0.312 e. The average molecular weight is 222 g/mol.